The lowest BCUT2D eigenvalue weighted by atomic mass is 9.98. The van der Waals surface area contributed by atoms with E-state index in [1.165, 1.54) is 5.56 Å². The minimum atomic E-state index is -0.155. The maximum atomic E-state index is 12.6. The monoisotopic (exact) mass is 311 g/mol. The van der Waals surface area contributed by atoms with E-state index in [4.69, 9.17) is 5.73 Å². The molecule has 0 unspecified atom stereocenters. The van der Waals surface area contributed by atoms with Crippen LogP contribution < -0.4 is 16.0 Å². The molecule has 2 aromatic carbocycles. The van der Waals surface area contributed by atoms with Crippen LogP contribution in [-0.4, -0.2) is 20.0 Å². The van der Waals surface area contributed by atoms with Gasteiger partial charge in [0.25, 0.3) is 5.91 Å². The van der Waals surface area contributed by atoms with Crippen LogP contribution in [0, 0.1) is 0 Å². The first-order valence-corrected chi connectivity index (χ1v) is 7.90. The van der Waals surface area contributed by atoms with Crippen molar-refractivity contribution in [2.45, 2.75) is 26.2 Å². The molecular weight excluding hydrogens is 286 g/mol. The quantitative estimate of drug-likeness (QED) is 0.817. The number of benzene rings is 2. The summed E-state index contributed by atoms with van der Waals surface area (Å²) in [7, 11) is 3.81. The van der Waals surface area contributed by atoms with E-state index in [2.05, 4.69) is 31.3 Å². The zero-order valence-electron chi connectivity index (χ0n) is 14.3. The number of nitrogens with one attached hydrogen (secondary N) is 1. The standard InChI is InChI=1S/C19H25N3O/c1-5-13(2)14-6-9-16(10-7-14)21-19(23)17-12-15(20)8-11-18(17)22(3)4/h6-13H,5,20H2,1-4H3,(H,21,23)/t13-/m0/s1. The van der Waals surface area contributed by atoms with Gasteiger partial charge < -0.3 is 16.0 Å². The number of nitrogens with two attached hydrogens (primary N) is 1. The third kappa shape index (κ3) is 4.03. The lowest BCUT2D eigenvalue weighted by Gasteiger charge is -2.18. The van der Waals surface area contributed by atoms with Gasteiger partial charge in [-0.1, -0.05) is 26.0 Å². The van der Waals surface area contributed by atoms with Crippen LogP contribution in [0.4, 0.5) is 17.1 Å². The molecule has 122 valence electrons. The number of carbonyl (C=O) groups is 1. The lowest BCUT2D eigenvalue weighted by molar-refractivity contribution is 0.102. The van der Waals surface area contributed by atoms with E-state index in [-0.39, 0.29) is 5.91 Å². The van der Waals surface area contributed by atoms with E-state index in [1.54, 1.807) is 12.1 Å². The SMILES string of the molecule is CC[C@H](C)c1ccc(NC(=O)c2cc(N)ccc2N(C)C)cc1. The first kappa shape index (κ1) is 16.9. The van der Waals surface area contributed by atoms with Gasteiger partial charge >= 0.3 is 0 Å². The van der Waals surface area contributed by atoms with Crippen LogP contribution in [0.3, 0.4) is 0 Å². The van der Waals surface area contributed by atoms with Crippen LogP contribution >= 0.6 is 0 Å². The topological polar surface area (TPSA) is 58.4 Å². The Bertz CT molecular complexity index is 678. The van der Waals surface area contributed by atoms with Crippen LogP contribution in [0.15, 0.2) is 42.5 Å². The number of anilines is 3. The Morgan fingerprint density at radius 1 is 1.17 bits per heavy atom. The summed E-state index contributed by atoms with van der Waals surface area (Å²) < 4.78 is 0. The average Bonchev–Trinajstić information content (AvgIpc) is 2.54. The van der Waals surface area contributed by atoms with Crippen LogP contribution in [0.2, 0.25) is 0 Å². The van der Waals surface area contributed by atoms with Crippen molar-refractivity contribution in [3.05, 3.63) is 53.6 Å². The molecule has 0 aliphatic carbocycles. The smallest absolute Gasteiger partial charge is 0.257 e. The molecule has 4 heteroatoms. The maximum Gasteiger partial charge on any atom is 0.257 e. The normalized spacial score (nSPS) is 11.8. The Labute approximate surface area is 138 Å². The van der Waals surface area contributed by atoms with Gasteiger partial charge in [-0.3, -0.25) is 4.79 Å². The first-order chi connectivity index (χ1) is 10.9. The van der Waals surface area contributed by atoms with Crippen LogP contribution in [-0.2, 0) is 0 Å². The van der Waals surface area contributed by atoms with Crippen LogP contribution in [0.25, 0.3) is 0 Å². The molecule has 0 aliphatic rings. The number of hydrogen-bond acceptors (Lipinski definition) is 3. The Hall–Kier alpha value is -2.49. The molecule has 1 atom stereocenters. The fraction of sp³-hybridized carbons (Fsp3) is 0.316. The second-order valence-corrected chi connectivity index (χ2v) is 6.06. The molecule has 0 aromatic heterocycles. The molecule has 0 heterocycles. The highest BCUT2D eigenvalue weighted by Gasteiger charge is 2.14. The summed E-state index contributed by atoms with van der Waals surface area (Å²) in [4.78, 5) is 14.5. The third-order valence-corrected chi connectivity index (χ3v) is 4.10. The Kier molecular flexibility index (Phi) is 5.27. The van der Waals surface area contributed by atoms with E-state index in [0.717, 1.165) is 17.8 Å². The van der Waals surface area contributed by atoms with E-state index in [0.29, 0.717) is 17.2 Å². The van der Waals surface area contributed by atoms with E-state index < -0.39 is 0 Å². The van der Waals surface area contributed by atoms with Gasteiger partial charge in [-0.2, -0.15) is 0 Å². The van der Waals surface area contributed by atoms with Crippen molar-refractivity contribution in [3.63, 3.8) is 0 Å². The number of nitrogens with zero attached hydrogens (tertiary/aromatic N) is 1. The summed E-state index contributed by atoms with van der Waals surface area (Å²) in [6.07, 6.45) is 1.10. The van der Waals surface area contributed by atoms with Gasteiger partial charge in [0.1, 0.15) is 0 Å². The van der Waals surface area contributed by atoms with Gasteiger partial charge in [0.2, 0.25) is 0 Å². The Morgan fingerprint density at radius 3 is 2.39 bits per heavy atom. The summed E-state index contributed by atoms with van der Waals surface area (Å²) in [6, 6.07) is 13.4. The van der Waals surface area contributed by atoms with Gasteiger partial charge in [-0.05, 0) is 48.2 Å². The molecule has 23 heavy (non-hydrogen) atoms. The fourth-order valence-corrected chi connectivity index (χ4v) is 2.45. The summed E-state index contributed by atoms with van der Waals surface area (Å²) in [5.41, 5.74) is 9.88. The molecule has 0 radical (unpaired) electrons. The molecule has 0 fully saturated rings. The molecule has 2 rings (SSSR count). The Balaban J connectivity index is 2.21. The average molecular weight is 311 g/mol. The third-order valence-electron chi connectivity index (χ3n) is 4.10. The molecule has 0 saturated heterocycles. The molecule has 0 spiro atoms. The van der Waals surface area contributed by atoms with Gasteiger partial charge in [0, 0.05) is 31.2 Å². The molecule has 4 nitrogen and oxygen atoms in total. The summed E-state index contributed by atoms with van der Waals surface area (Å²) >= 11 is 0. The maximum absolute atomic E-state index is 12.6. The van der Waals surface area contributed by atoms with Crippen LogP contribution in [0.1, 0.15) is 42.1 Å². The van der Waals surface area contributed by atoms with E-state index >= 15 is 0 Å². The highest BCUT2D eigenvalue weighted by Crippen LogP contribution is 2.24. The highest BCUT2D eigenvalue weighted by molar-refractivity contribution is 6.08. The Morgan fingerprint density at radius 2 is 1.83 bits per heavy atom. The van der Waals surface area contributed by atoms with Gasteiger partial charge in [0.05, 0.1) is 5.56 Å². The second kappa shape index (κ2) is 7.18. The molecule has 1 amide bonds. The minimum absolute atomic E-state index is 0.155. The van der Waals surface area contributed by atoms with Crippen molar-refractivity contribution < 1.29 is 4.79 Å². The minimum Gasteiger partial charge on any atom is -0.399 e. The van der Waals surface area contributed by atoms with Gasteiger partial charge in [-0.25, -0.2) is 0 Å². The molecule has 3 N–H and O–H groups in total. The zero-order valence-corrected chi connectivity index (χ0v) is 14.3. The van der Waals surface area contributed by atoms with Crippen molar-refractivity contribution >= 4 is 23.0 Å². The van der Waals surface area contributed by atoms with Crippen molar-refractivity contribution in [1.29, 1.82) is 0 Å². The van der Waals surface area contributed by atoms with Gasteiger partial charge in [-0.15, -0.1) is 0 Å². The second-order valence-electron chi connectivity index (χ2n) is 6.06. The largest absolute Gasteiger partial charge is 0.399 e. The predicted octanol–water partition coefficient (Wildman–Crippen LogP) is 4.10. The molecular formula is C19H25N3O. The van der Waals surface area contributed by atoms with Crippen molar-refractivity contribution in [2.75, 3.05) is 30.0 Å². The zero-order chi connectivity index (χ0) is 17.0. The first-order valence-electron chi connectivity index (χ1n) is 7.90. The van der Waals surface area contributed by atoms with Crippen molar-refractivity contribution in [3.8, 4) is 0 Å². The number of carbonyl (C=O) groups excluding carboxylic acids is 1. The number of hydrogen-bond donors (Lipinski definition) is 2. The lowest BCUT2D eigenvalue weighted by Crippen LogP contribution is -2.18. The van der Waals surface area contributed by atoms with Crippen molar-refractivity contribution in [2.24, 2.45) is 0 Å². The number of amides is 1. The van der Waals surface area contributed by atoms with E-state index in [9.17, 15) is 4.79 Å². The highest BCUT2D eigenvalue weighted by atomic mass is 16.1. The van der Waals surface area contributed by atoms with Gasteiger partial charge in [0.15, 0.2) is 0 Å². The van der Waals surface area contributed by atoms with E-state index in [1.807, 2.05) is 37.2 Å². The van der Waals surface area contributed by atoms with Crippen LogP contribution in [0.5, 0.6) is 0 Å². The molecule has 0 saturated carbocycles. The summed E-state index contributed by atoms with van der Waals surface area (Å²) in [5, 5.41) is 2.94. The fourth-order valence-electron chi connectivity index (χ4n) is 2.45. The predicted molar refractivity (Wildman–Crippen MR) is 98.3 cm³/mol. The number of nitrogen functional groups attached to an aromatic ring is 1. The number of rotatable bonds is 5. The summed E-state index contributed by atoms with van der Waals surface area (Å²) in [5.74, 6) is 0.367. The van der Waals surface area contributed by atoms with Crippen molar-refractivity contribution in [1.82, 2.24) is 0 Å². The molecule has 0 aliphatic heterocycles. The molecule has 2 aromatic rings. The molecule has 0 bridgehead atoms. The summed E-state index contributed by atoms with van der Waals surface area (Å²) in [6.45, 7) is 4.37.